The Labute approximate surface area is 117 Å². The Morgan fingerprint density at radius 1 is 1.30 bits per heavy atom. The highest BCUT2D eigenvalue weighted by Crippen LogP contribution is 2.22. The van der Waals surface area contributed by atoms with Crippen LogP contribution in [-0.2, 0) is 0 Å². The smallest absolute Gasteiger partial charge is 0.210 e. The van der Waals surface area contributed by atoms with Gasteiger partial charge >= 0.3 is 0 Å². The minimum Gasteiger partial charge on any atom is -0.338 e. The maximum absolute atomic E-state index is 12.5. The van der Waals surface area contributed by atoms with Crippen LogP contribution in [0.25, 0.3) is 27.1 Å². The lowest BCUT2D eigenvalue weighted by atomic mass is 10.2. The first-order valence-electron chi connectivity index (χ1n) is 6.16. The van der Waals surface area contributed by atoms with E-state index in [0.717, 1.165) is 10.2 Å². The van der Waals surface area contributed by atoms with E-state index in [-0.39, 0.29) is 5.43 Å². The number of rotatable bonds is 1. The lowest BCUT2D eigenvalue weighted by Gasteiger charge is -2.01. The van der Waals surface area contributed by atoms with Gasteiger partial charge in [-0.25, -0.2) is 4.98 Å². The summed E-state index contributed by atoms with van der Waals surface area (Å²) in [5.41, 5.74) is 2.27. The SMILES string of the molecule is Cc1nn(-c2ccccn2)c2[nH]c3ccsc3c(=O)c12. The molecule has 0 amide bonds. The van der Waals surface area contributed by atoms with E-state index in [4.69, 9.17) is 0 Å². The van der Waals surface area contributed by atoms with E-state index in [2.05, 4.69) is 15.1 Å². The summed E-state index contributed by atoms with van der Waals surface area (Å²) in [7, 11) is 0. The van der Waals surface area contributed by atoms with Crippen LogP contribution in [0.1, 0.15) is 5.69 Å². The van der Waals surface area contributed by atoms with Gasteiger partial charge in [-0.3, -0.25) is 4.79 Å². The molecule has 0 unspecified atom stereocenters. The van der Waals surface area contributed by atoms with Gasteiger partial charge in [-0.2, -0.15) is 9.78 Å². The first-order valence-corrected chi connectivity index (χ1v) is 7.04. The van der Waals surface area contributed by atoms with Gasteiger partial charge in [0.15, 0.2) is 5.82 Å². The molecular formula is C14H10N4OS. The lowest BCUT2D eigenvalue weighted by molar-refractivity contribution is 0.849. The highest BCUT2D eigenvalue weighted by Gasteiger charge is 2.16. The third-order valence-electron chi connectivity index (χ3n) is 3.28. The minimum atomic E-state index is 0.0310. The van der Waals surface area contributed by atoms with Crippen LogP contribution in [0, 0.1) is 6.92 Å². The number of hydrogen-bond donors (Lipinski definition) is 1. The van der Waals surface area contributed by atoms with Crippen molar-refractivity contribution in [3.8, 4) is 5.82 Å². The van der Waals surface area contributed by atoms with Gasteiger partial charge in [-0.1, -0.05) is 6.07 Å². The van der Waals surface area contributed by atoms with Crippen molar-refractivity contribution in [1.82, 2.24) is 19.7 Å². The number of thiophene rings is 1. The van der Waals surface area contributed by atoms with Gasteiger partial charge < -0.3 is 4.98 Å². The van der Waals surface area contributed by atoms with Crippen LogP contribution in [0.2, 0.25) is 0 Å². The Balaban J connectivity index is 2.19. The zero-order chi connectivity index (χ0) is 13.7. The second-order valence-electron chi connectivity index (χ2n) is 4.53. The molecule has 20 heavy (non-hydrogen) atoms. The summed E-state index contributed by atoms with van der Waals surface area (Å²) in [5.74, 6) is 0.691. The second-order valence-corrected chi connectivity index (χ2v) is 5.44. The average molecular weight is 282 g/mol. The predicted molar refractivity (Wildman–Crippen MR) is 79.6 cm³/mol. The fraction of sp³-hybridized carbons (Fsp3) is 0.0714. The Morgan fingerprint density at radius 2 is 2.20 bits per heavy atom. The third-order valence-corrected chi connectivity index (χ3v) is 4.19. The van der Waals surface area contributed by atoms with E-state index >= 15 is 0 Å². The molecule has 4 heterocycles. The summed E-state index contributed by atoms with van der Waals surface area (Å²) in [5, 5.41) is 6.99. The van der Waals surface area contributed by atoms with Crippen molar-refractivity contribution in [2.75, 3.05) is 0 Å². The van der Waals surface area contributed by atoms with Crippen LogP contribution in [0.4, 0.5) is 0 Å². The van der Waals surface area contributed by atoms with E-state index in [9.17, 15) is 4.79 Å². The maximum Gasteiger partial charge on any atom is 0.210 e. The van der Waals surface area contributed by atoms with Crippen LogP contribution < -0.4 is 5.43 Å². The van der Waals surface area contributed by atoms with Crippen molar-refractivity contribution in [1.29, 1.82) is 0 Å². The number of hydrogen-bond acceptors (Lipinski definition) is 4. The summed E-state index contributed by atoms with van der Waals surface area (Å²) in [4.78, 5) is 20.1. The first-order chi connectivity index (χ1) is 9.75. The molecule has 0 aliphatic heterocycles. The molecule has 4 rings (SSSR count). The van der Waals surface area contributed by atoms with Crippen molar-refractivity contribution in [2.24, 2.45) is 0 Å². The Morgan fingerprint density at radius 3 is 3.00 bits per heavy atom. The number of aromatic amines is 1. The zero-order valence-electron chi connectivity index (χ0n) is 10.6. The molecule has 0 spiro atoms. The quantitative estimate of drug-likeness (QED) is 0.583. The van der Waals surface area contributed by atoms with Crippen molar-refractivity contribution in [3.63, 3.8) is 0 Å². The molecule has 0 aliphatic carbocycles. The van der Waals surface area contributed by atoms with Gasteiger partial charge in [-0.05, 0) is 30.5 Å². The van der Waals surface area contributed by atoms with Crippen LogP contribution in [0.15, 0.2) is 40.6 Å². The summed E-state index contributed by atoms with van der Waals surface area (Å²) in [6.07, 6.45) is 1.71. The Bertz CT molecular complexity index is 981. The van der Waals surface area contributed by atoms with Crippen LogP contribution in [0.3, 0.4) is 0 Å². The standard InChI is InChI=1S/C14H10N4OS/c1-8-11-12(19)13-9(5-7-20-13)16-14(11)18(17-8)10-4-2-3-6-15-10/h2-7H,1H3,(H,16,19). The number of fused-ring (bicyclic) bond motifs is 2. The normalized spacial score (nSPS) is 11.4. The molecule has 0 radical (unpaired) electrons. The van der Waals surface area contributed by atoms with Crippen LogP contribution >= 0.6 is 11.3 Å². The predicted octanol–water partition coefficient (Wildman–Crippen LogP) is 2.63. The van der Waals surface area contributed by atoms with Gasteiger partial charge in [0.05, 0.1) is 21.3 Å². The van der Waals surface area contributed by atoms with E-state index in [1.807, 2.05) is 36.6 Å². The number of aromatic nitrogens is 4. The Kier molecular flexibility index (Phi) is 2.28. The maximum atomic E-state index is 12.5. The summed E-state index contributed by atoms with van der Waals surface area (Å²) >= 11 is 1.45. The topological polar surface area (TPSA) is 63.6 Å². The zero-order valence-corrected chi connectivity index (χ0v) is 11.4. The molecule has 0 bridgehead atoms. The molecule has 5 nitrogen and oxygen atoms in total. The minimum absolute atomic E-state index is 0.0310. The van der Waals surface area contributed by atoms with Gasteiger partial charge in [0.1, 0.15) is 5.65 Å². The molecule has 1 N–H and O–H groups in total. The molecule has 0 aromatic carbocycles. The molecule has 4 aromatic rings. The third kappa shape index (κ3) is 1.45. The second kappa shape index (κ2) is 4.01. The van der Waals surface area contributed by atoms with Gasteiger partial charge in [0, 0.05) is 6.20 Å². The molecular weight excluding hydrogens is 272 g/mol. The average Bonchev–Trinajstić information content (AvgIpc) is 3.05. The highest BCUT2D eigenvalue weighted by atomic mass is 32.1. The number of nitrogens with one attached hydrogen (secondary N) is 1. The van der Waals surface area contributed by atoms with Crippen molar-refractivity contribution in [3.05, 3.63) is 51.8 Å². The van der Waals surface area contributed by atoms with Crippen molar-refractivity contribution < 1.29 is 0 Å². The van der Waals surface area contributed by atoms with Crippen molar-refractivity contribution in [2.45, 2.75) is 6.92 Å². The van der Waals surface area contributed by atoms with Gasteiger partial charge in [0.25, 0.3) is 0 Å². The first kappa shape index (κ1) is 11.4. The fourth-order valence-electron chi connectivity index (χ4n) is 2.38. The van der Waals surface area contributed by atoms with Gasteiger partial charge in [0.2, 0.25) is 5.43 Å². The molecule has 0 saturated carbocycles. The van der Waals surface area contributed by atoms with E-state index in [0.29, 0.717) is 22.5 Å². The molecule has 0 saturated heterocycles. The van der Waals surface area contributed by atoms with Crippen LogP contribution in [0.5, 0.6) is 0 Å². The Hall–Kier alpha value is -2.47. The van der Waals surface area contributed by atoms with Gasteiger partial charge in [-0.15, -0.1) is 11.3 Å². The van der Waals surface area contributed by atoms with Crippen LogP contribution in [-0.4, -0.2) is 19.7 Å². The van der Waals surface area contributed by atoms with E-state index < -0.39 is 0 Å². The number of aryl methyl sites for hydroxylation is 1. The fourth-order valence-corrected chi connectivity index (χ4v) is 3.18. The monoisotopic (exact) mass is 282 g/mol. The largest absolute Gasteiger partial charge is 0.338 e. The van der Waals surface area contributed by atoms with E-state index in [1.165, 1.54) is 11.3 Å². The number of H-pyrrole nitrogens is 1. The summed E-state index contributed by atoms with van der Waals surface area (Å²) in [6.45, 7) is 1.84. The summed E-state index contributed by atoms with van der Waals surface area (Å²) < 4.78 is 2.42. The molecule has 0 fully saturated rings. The molecule has 98 valence electrons. The molecule has 0 aliphatic rings. The number of nitrogens with zero attached hydrogens (tertiary/aromatic N) is 3. The molecule has 6 heteroatoms. The van der Waals surface area contributed by atoms with E-state index in [1.54, 1.807) is 10.9 Å². The van der Waals surface area contributed by atoms with Crippen molar-refractivity contribution >= 4 is 32.6 Å². The highest BCUT2D eigenvalue weighted by molar-refractivity contribution is 7.17. The summed E-state index contributed by atoms with van der Waals surface area (Å²) in [6, 6.07) is 7.52. The lowest BCUT2D eigenvalue weighted by Crippen LogP contribution is -2.04. The molecule has 4 aromatic heterocycles. The number of pyridine rings is 2. The molecule has 0 atom stereocenters.